The lowest BCUT2D eigenvalue weighted by Gasteiger charge is -2.08. The summed E-state index contributed by atoms with van der Waals surface area (Å²) in [5.74, 6) is 0.643. The van der Waals surface area contributed by atoms with Gasteiger partial charge in [0.1, 0.15) is 17.2 Å². The van der Waals surface area contributed by atoms with Crippen LogP contribution in [0.15, 0.2) is 61.2 Å². The predicted molar refractivity (Wildman–Crippen MR) is 99.7 cm³/mol. The standard InChI is InChI=1S/C20H16F3N5/c21-20(22,23)17-5-3-14(10-25-17)11-27-18-6-4-13(9-26-18)8-15-12-28-19-16(15)2-1-7-24-19/h1-7,9-10,12H,8,11H2,(H,24,28)(H,26,27). The van der Waals surface area contributed by atoms with Crippen LogP contribution in [-0.2, 0) is 19.1 Å². The minimum atomic E-state index is -4.43. The molecular formula is C20H16F3N5. The van der Waals surface area contributed by atoms with Gasteiger partial charge in [-0.1, -0.05) is 12.1 Å². The van der Waals surface area contributed by atoms with Crippen LogP contribution in [0.1, 0.15) is 22.4 Å². The molecule has 5 nitrogen and oxygen atoms in total. The lowest BCUT2D eigenvalue weighted by atomic mass is 10.1. The van der Waals surface area contributed by atoms with Gasteiger partial charge in [0.2, 0.25) is 0 Å². The van der Waals surface area contributed by atoms with Crippen LogP contribution in [0.3, 0.4) is 0 Å². The Morgan fingerprint density at radius 2 is 1.75 bits per heavy atom. The molecule has 0 spiro atoms. The van der Waals surface area contributed by atoms with Gasteiger partial charge in [-0.2, -0.15) is 13.2 Å². The fourth-order valence-corrected chi connectivity index (χ4v) is 2.90. The second kappa shape index (κ2) is 7.30. The second-order valence-electron chi connectivity index (χ2n) is 6.34. The Labute approximate surface area is 158 Å². The number of alkyl halides is 3. The number of nitrogens with zero attached hydrogens (tertiary/aromatic N) is 3. The normalized spacial score (nSPS) is 11.7. The van der Waals surface area contributed by atoms with E-state index in [1.807, 2.05) is 30.5 Å². The lowest BCUT2D eigenvalue weighted by Crippen LogP contribution is -2.08. The summed E-state index contributed by atoms with van der Waals surface area (Å²) in [6, 6.07) is 10.1. The number of aromatic amines is 1. The molecule has 4 aromatic rings. The van der Waals surface area contributed by atoms with Gasteiger partial charge >= 0.3 is 6.18 Å². The minimum Gasteiger partial charge on any atom is -0.366 e. The highest BCUT2D eigenvalue weighted by molar-refractivity contribution is 5.79. The second-order valence-corrected chi connectivity index (χ2v) is 6.34. The van der Waals surface area contributed by atoms with Crippen molar-refractivity contribution in [2.75, 3.05) is 5.32 Å². The van der Waals surface area contributed by atoms with Gasteiger partial charge in [0.15, 0.2) is 0 Å². The molecule has 142 valence electrons. The zero-order chi connectivity index (χ0) is 19.6. The van der Waals surface area contributed by atoms with Crippen LogP contribution in [0.5, 0.6) is 0 Å². The summed E-state index contributed by atoms with van der Waals surface area (Å²) in [6.45, 7) is 0.339. The molecule has 0 aliphatic carbocycles. The molecular weight excluding hydrogens is 367 g/mol. The maximum absolute atomic E-state index is 12.5. The Hall–Kier alpha value is -3.42. The quantitative estimate of drug-likeness (QED) is 0.530. The summed E-state index contributed by atoms with van der Waals surface area (Å²) in [5, 5.41) is 4.17. The minimum absolute atomic E-state index is 0.339. The average molecular weight is 383 g/mol. The van der Waals surface area contributed by atoms with Crippen molar-refractivity contribution in [3.63, 3.8) is 0 Å². The van der Waals surface area contributed by atoms with Gasteiger partial charge in [-0.05, 0) is 41.0 Å². The molecule has 0 atom stereocenters. The monoisotopic (exact) mass is 383 g/mol. The van der Waals surface area contributed by atoms with Crippen molar-refractivity contribution in [2.45, 2.75) is 19.1 Å². The van der Waals surface area contributed by atoms with E-state index in [4.69, 9.17) is 0 Å². The predicted octanol–water partition coefficient (Wildman–Crippen LogP) is 4.57. The highest BCUT2D eigenvalue weighted by Crippen LogP contribution is 2.27. The summed E-state index contributed by atoms with van der Waals surface area (Å²) < 4.78 is 37.6. The number of hydrogen-bond acceptors (Lipinski definition) is 4. The summed E-state index contributed by atoms with van der Waals surface area (Å²) in [5.41, 5.74) is 2.79. The molecule has 4 aromatic heterocycles. The smallest absolute Gasteiger partial charge is 0.366 e. The number of hydrogen-bond donors (Lipinski definition) is 2. The first-order chi connectivity index (χ1) is 13.5. The van der Waals surface area contributed by atoms with Crippen LogP contribution >= 0.6 is 0 Å². The number of pyridine rings is 3. The van der Waals surface area contributed by atoms with Crippen LogP contribution < -0.4 is 5.32 Å². The number of halogens is 3. The average Bonchev–Trinajstić information content (AvgIpc) is 3.10. The number of rotatable bonds is 5. The first kappa shape index (κ1) is 18.0. The van der Waals surface area contributed by atoms with Crippen LogP contribution in [-0.4, -0.2) is 19.9 Å². The highest BCUT2D eigenvalue weighted by Gasteiger charge is 2.31. The first-order valence-electron chi connectivity index (χ1n) is 8.61. The Kier molecular flexibility index (Phi) is 4.68. The van der Waals surface area contributed by atoms with E-state index in [-0.39, 0.29) is 0 Å². The van der Waals surface area contributed by atoms with Gasteiger partial charge in [-0.15, -0.1) is 0 Å². The van der Waals surface area contributed by atoms with Crippen LogP contribution in [0.2, 0.25) is 0 Å². The number of H-pyrrole nitrogens is 1. The number of aromatic nitrogens is 4. The van der Waals surface area contributed by atoms with Crippen molar-refractivity contribution < 1.29 is 13.2 Å². The molecule has 0 aliphatic rings. The fraction of sp³-hybridized carbons (Fsp3) is 0.150. The van der Waals surface area contributed by atoms with Crippen molar-refractivity contribution in [1.82, 2.24) is 19.9 Å². The molecule has 8 heteroatoms. The summed E-state index contributed by atoms with van der Waals surface area (Å²) in [4.78, 5) is 15.3. The van der Waals surface area contributed by atoms with E-state index in [1.54, 1.807) is 12.4 Å². The van der Waals surface area contributed by atoms with Gasteiger partial charge < -0.3 is 10.3 Å². The third-order valence-corrected chi connectivity index (χ3v) is 4.34. The molecule has 0 saturated carbocycles. The Morgan fingerprint density at radius 1 is 0.929 bits per heavy atom. The van der Waals surface area contributed by atoms with Crippen molar-refractivity contribution >= 4 is 16.9 Å². The molecule has 0 unspecified atom stereocenters. The molecule has 2 N–H and O–H groups in total. The maximum Gasteiger partial charge on any atom is 0.433 e. The van der Waals surface area contributed by atoms with Gasteiger partial charge in [-0.25, -0.2) is 9.97 Å². The van der Waals surface area contributed by atoms with E-state index < -0.39 is 11.9 Å². The van der Waals surface area contributed by atoms with E-state index in [9.17, 15) is 13.2 Å². The Morgan fingerprint density at radius 3 is 2.46 bits per heavy atom. The van der Waals surface area contributed by atoms with Crippen LogP contribution in [0.4, 0.5) is 19.0 Å². The lowest BCUT2D eigenvalue weighted by molar-refractivity contribution is -0.141. The van der Waals surface area contributed by atoms with Gasteiger partial charge in [0.05, 0.1) is 0 Å². The maximum atomic E-state index is 12.5. The molecule has 0 aromatic carbocycles. The number of anilines is 1. The molecule has 0 aliphatic heterocycles. The largest absolute Gasteiger partial charge is 0.433 e. The molecule has 0 bridgehead atoms. The first-order valence-corrected chi connectivity index (χ1v) is 8.61. The summed E-state index contributed by atoms with van der Waals surface area (Å²) >= 11 is 0. The Bertz CT molecular complexity index is 1070. The van der Waals surface area contributed by atoms with Crippen LogP contribution in [0, 0.1) is 0 Å². The highest BCUT2D eigenvalue weighted by atomic mass is 19.4. The zero-order valence-corrected chi connectivity index (χ0v) is 14.7. The summed E-state index contributed by atoms with van der Waals surface area (Å²) in [7, 11) is 0. The molecule has 28 heavy (non-hydrogen) atoms. The molecule has 4 heterocycles. The molecule has 0 saturated heterocycles. The van der Waals surface area contributed by atoms with E-state index in [2.05, 4.69) is 25.3 Å². The van der Waals surface area contributed by atoms with Gasteiger partial charge in [-0.3, -0.25) is 4.98 Å². The van der Waals surface area contributed by atoms with Crippen molar-refractivity contribution in [1.29, 1.82) is 0 Å². The van der Waals surface area contributed by atoms with Crippen LogP contribution in [0.25, 0.3) is 11.0 Å². The molecule has 4 rings (SSSR count). The van der Waals surface area contributed by atoms with Crippen molar-refractivity contribution in [3.05, 3.63) is 83.6 Å². The van der Waals surface area contributed by atoms with E-state index in [1.165, 1.54) is 12.3 Å². The summed E-state index contributed by atoms with van der Waals surface area (Å²) in [6.07, 6.45) is 2.99. The van der Waals surface area contributed by atoms with E-state index in [0.717, 1.165) is 34.6 Å². The number of nitrogens with one attached hydrogen (secondary N) is 2. The molecule has 0 fully saturated rings. The van der Waals surface area contributed by atoms with E-state index >= 15 is 0 Å². The van der Waals surface area contributed by atoms with Gasteiger partial charge in [0, 0.05) is 43.1 Å². The van der Waals surface area contributed by atoms with Gasteiger partial charge in [0.25, 0.3) is 0 Å². The molecule has 0 amide bonds. The SMILES string of the molecule is FC(F)(F)c1ccc(CNc2ccc(Cc3c[nH]c4ncccc34)cn2)cn1. The zero-order valence-electron chi connectivity index (χ0n) is 14.7. The third kappa shape index (κ3) is 3.95. The number of fused-ring (bicyclic) bond motifs is 1. The topological polar surface area (TPSA) is 66.5 Å². The Balaban J connectivity index is 1.38. The van der Waals surface area contributed by atoms with Crippen molar-refractivity contribution in [3.8, 4) is 0 Å². The fourth-order valence-electron chi connectivity index (χ4n) is 2.90. The third-order valence-electron chi connectivity index (χ3n) is 4.34. The van der Waals surface area contributed by atoms with Crippen molar-refractivity contribution in [2.24, 2.45) is 0 Å². The molecule has 0 radical (unpaired) electrons. The van der Waals surface area contributed by atoms with E-state index in [0.29, 0.717) is 17.9 Å².